The van der Waals surface area contributed by atoms with Crippen molar-refractivity contribution in [2.24, 2.45) is 5.73 Å². The molecule has 0 aliphatic carbocycles. The van der Waals surface area contributed by atoms with Gasteiger partial charge in [-0.25, -0.2) is 9.18 Å². The van der Waals surface area contributed by atoms with Crippen LogP contribution in [-0.4, -0.2) is 27.6 Å². The van der Waals surface area contributed by atoms with E-state index in [0.29, 0.717) is 24.9 Å². The van der Waals surface area contributed by atoms with Crippen LogP contribution in [0.2, 0.25) is 5.04 Å². The number of primary amides is 1. The van der Waals surface area contributed by atoms with Crippen LogP contribution in [0.25, 0.3) is 0 Å². The van der Waals surface area contributed by atoms with Gasteiger partial charge < -0.3 is 14.9 Å². The van der Waals surface area contributed by atoms with Gasteiger partial charge in [-0.2, -0.15) is 0 Å². The molecule has 4 nitrogen and oxygen atoms in total. The molecule has 0 spiro atoms. The Morgan fingerprint density at radius 2 is 1.54 bits per heavy atom. The van der Waals surface area contributed by atoms with Gasteiger partial charge in [0.1, 0.15) is 6.61 Å². The summed E-state index contributed by atoms with van der Waals surface area (Å²) >= 11 is 0. The van der Waals surface area contributed by atoms with Crippen LogP contribution in [0.1, 0.15) is 27.2 Å². The molecular weight excluding hydrogens is 373 g/mol. The number of nitrogens with two attached hydrogens (primary N) is 1. The van der Waals surface area contributed by atoms with Crippen molar-refractivity contribution >= 4 is 24.8 Å². The van der Waals surface area contributed by atoms with Crippen LogP contribution < -0.4 is 16.1 Å². The van der Waals surface area contributed by atoms with Gasteiger partial charge in [0, 0.05) is 6.61 Å². The molecule has 0 heterocycles. The fourth-order valence-electron chi connectivity index (χ4n) is 3.42. The average Bonchev–Trinajstić information content (AvgIpc) is 2.68. The van der Waals surface area contributed by atoms with Crippen molar-refractivity contribution in [1.29, 1.82) is 0 Å². The first kappa shape index (κ1) is 21.9. The SMILES string of the molecule is CC(C)(C)[Si](OCCC(=CF)COC(N)=O)(c1ccccc1)c1ccccc1. The van der Waals surface area contributed by atoms with E-state index in [9.17, 15) is 9.18 Å². The third-order valence-electron chi connectivity index (χ3n) is 4.71. The summed E-state index contributed by atoms with van der Waals surface area (Å²) in [7, 11) is -2.66. The van der Waals surface area contributed by atoms with Crippen LogP contribution >= 0.6 is 0 Å². The summed E-state index contributed by atoms with van der Waals surface area (Å²) in [5.74, 6) is 0. The molecule has 0 unspecified atom stereocenters. The van der Waals surface area contributed by atoms with Crippen molar-refractivity contribution in [2.75, 3.05) is 13.2 Å². The van der Waals surface area contributed by atoms with Crippen molar-refractivity contribution < 1.29 is 18.3 Å². The zero-order valence-corrected chi connectivity index (χ0v) is 17.7. The Bertz CT molecular complexity index is 749. The van der Waals surface area contributed by atoms with Gasteiger partial charge in [-0.05, 0) is 27.4 Å². The smallest absolute Gasteiger partial charge is 0.404 e. The summed E-state index contributed by atoms with van der Waals surface area (Å²) in [5.41, 5.74) is 5.30. The number of carbonyl (C=O) groups excluding carboxylic acids is 1. The Morgan fingerprint density at radius 1 is 1.04 bits per heavy atom. The molecule has 0 saturated carbocycles. The van der Waals surface area contributed by atoms with Crippen LogP contribution in [0.15, 0.2) is 72.6 Å². The summed E-state index contributed by atoms with van der Waals surface area (Å²) < 4.78 is 24.5. The number of ether oxygens (including phenoxy) is 1. The zero-order valence-electron chi connectivity index (χ0n) is 16.7. The number of benzene rings is 2. The molecule has 2 aromatic rings. The van der Waals surface area contributed by atoms with E-state index in [1.807, 2.05) is 36.4 Å². The molecule has 0 radical (unpaired) electrons. The highest BCUT2D eigenvalue weighted by Crippen LogP contribution is 2.36. The van der Waals surface area contributed by atoms with Crippen molar-refractivity contribution in [3.05, 3.63) is 72.6 Å². The summed E-state index contributed by atoms with van der Waals surface area (Å²) in [6.45, 7) is 6.69. The van der Waals surface area contributed by atoms with E-state index in [2.05, 4.69) is 45.0 Å². The maximum absolute atomic E-state index is 13.2. The van der Waals surface area contributed by atoms with Crippen LogP contribution in [0, 0.1) is 0 Å². The highest BCUT2D eigenvalue weighted by atomic mass is 28.4. The molecule has 2 aromatic carbocycles. The molecule has 150 valence electrons. The second kappa shape index (κ2) is 9.66. The number of rotatable bonds is 8. The Kier molecular flexibility index (Phi) is 7.54. The molecule has 6 heteroatoms. The molecule has 0 aliphatic heterocycles. The van der Waals surface area contributed by atoms with Crippen LogP contribution in [0.4, 0.5) is 9.18 Å². The normalized spacial score (nSPS) is 12.6. The Labute approximate surface area is 167 Å². The van der Waals surface area contributed by atoms with Crippen LogP contribution in [-0.2, 0) is 9.16 Å². The molecule has 28 heavy (non-hydrogen) atoms. The van der Waals surface area contributed by atoms with Crippen molar-refractivity contribution in [2.45, 2.75) is 32.2 Å². The van der Waals surface area contributed by atoms with Gasteiger partial charge in [-0.3, -0.25) is 0 Å². The second-order valence-electron chi connectivity index (χ2n) is 7.64. The van der Waals surface area contributed by atoms with E-state index in [1.54, 1.807) is 0 Å². The van der Waals surface area contributed by atoms with Crippen molar-refractivity contribution in [1.82, 2.24) is 0 Å². The number of carbonyl (C=O) groups is 1. The molecule has 1 amide bonds. The first-order valence-corrected chi connectivity index (χ1v) is 11.2. The van der Waals surface area contributed by atoms with Crippen molar-refractivity contribution in [3.63, 3.8) is 0 Å². The summed E-state index contributed by atoms with van der Waals surface area (Å²) in [4.78, 5) is 10.8. The molecule has 0 fully saturated rings. The fourth-order valence-corrected chi connectivity index (χ4v) is 7.98. The monoisotopic (exact) mass is 401 g/mol. The van der Waals surface area contributed by atoms with E-state index >= 15 is 0 Å². The van der Waals surface area contributed by atoms with Gasteiger partial charge in [0.05, 0.1) is 6.33 Å². The fraction of sp³-hybridized carbons (Fsp3) is 0.318. The predicted molar refractivity (Wildman–Crippen MR) is 113 cm³/mol. The van der Waals surface area contributed by atoms with Gasteiger partial charge >= 0.3 is 6.09 Å². The van der Waals surface area contributed by atoms with Gasteiger partial charge in [0.25, 0.3) is 8.32 Å². The molecule has 0 aliphatic rings. The molecule has 2 rings (SSSR count). The molecule has 0 aromatic heterocycles. The van der Waals surface area contributed by atoms with Gasteiger partial charge in [0.15, 0.2) is 0 Å². The summed E-state index contributed by atoms with van der Waals surface area (Å²) in [6, 6.07) is 20.5. The highest BCUT2D eigenvalue weighted by molar-refractivity contribution is 6.99. The first-order chi connectivity index (χ1) is 13.3. The average molecular weight is 402 g/mol. The molecule has 0 bridgehead atoms. The topological polar surface area (TPSA) is 61.6 Å². The van der Waals surface area contributed by atoms with E-state index in [4.69, 9.17) is 14.9 Å². The third-order valence-corrected chi connectivity index (χ3v) is 9.75. The van der Waals surface area contributed by atoms with Crippen molar-refractivity contribution in [3.8, 4) is 0 Å². The zero-order chi connectivity index (χ0) is 20.6. The maximum Gasteiger partial charge on any atom is 0.404 e. The predicted octanol–water partition coefficient (Wildman–Crippen LogP) is 3.90. The largest absolute Gasteiger partial charge is 0.445 e. The standard InChI is InChI=1S/C22H28FNO3Si/c1-22(2,3)28(19-10-6-4-7-11-19,20-12-8-5-9-13-20)27-15-14-18(16-23)17-26-21(24)25/h4-13,16H,14-15,17H2,1-3H3,(H2,24,25). The van der Waals surface area contributed by atoms with Gasteiger partial charge in [0.2, 0.25) is 0 Å². The lowest BCUT2D eigenvalue weighted by Crippen LogP contribution is -2.66. The number of halogens is 1. The Hall–Kier alpha value is -2.44. The first-order valence-electron chi connectivity index (χ1n) is 9.26. The number of hydrogen-bond acceptors (Lipinski definition) is 3. The lowest BCUT2D eigenvalue weighted by atomic mass is 10.2. The van der Waals surface area contributed by atoms with Crippen LogP contribution in [0.3, 0.4) is 0 Å². The van der Waals surface area contributed by atoms with Gasteiger partial charge in [-0.15, -0.1) is 0 Å². The second-order valence-corrected chi connectivity index (χ2v) is 11.9. The molecule has 0 atom stereocenters. The van der Waals surface area contributed by atoms with E-state index in [0.717, 1.165) is 10.4 Å². The lowest BCUT2D eigenvalue weighted by Gasteiger charge is -2.43. The molecular formula is C22H28FNO3Si. The van der Waals surface area contributed by atoms with Gasteiger partial charge in [-0.1, -0.05) is 81.4 Å². The van der Waals surface area contributed by atoms with Crippen LogP contribution in [0.5, 0.6) is 0 Å². The van der Waals surface area contributed by atoms with E-state index in [-0.39, 0.29) is 11.6 Å². The summed E-state index contributed by atoms with van der Waals surface area (Å²) in [5, 5.41) is 2.17. The maximum atomic E-state index is 13.2. The minimum atomic E-state index is -2.66. The minimum absolute atomic E-state index is 0.154. The summed E-state index contributed by atoms with van der Waals surface area (Å²) in [6.07, 6.45) is -0.154. The number of hydrogen-bond donors (Lipinski definition) is 1. The quantitative estimate of drug-likeness (QED) is 0.683. The van der Waals surface area contributed by atoms with E-state index < -0.39 is 14.4 Å². The third kappa shape index (κ3) is 5.08. The lowest BCUT2D eigenvalue weighted by molar-refractivity contribution is 0.164. The van der Waals surface area contributed by atoms with E-state index in [1.165, 1.54) is 0 Å². The molecule has 2 N–H and O–H groups in total. The molecule has 0 saturated heterocycles. The highest BCUT2D eigenvalue weighted by Gasteiger charge is 2.49. The Balaban J connectivity index is 2.35. The minimum Gasteiger partial charge on any atom is -0.445 e. The number of amides is 1. The Morgan fingerprint density at radius 3 is 1.93 bits per heavy atom.